The maximum Gasteiger partial charge on any atom is 0.226 e. The number of hydrogen-bond acceptors (Lipinski definition) is 2. The highest BCUT2D eigenvalue weighted by Crippen LogP contribution is 2.44. The molecule has 1 heterocycles. The number of rotatable bonds is 6. The normalized spacial score (nSPS) is 18.1. The molecule has 3 nitrogen and oxygen atoms in total. The lowest BCUT2D eigenvalue weighted by molar-refractivity contribution is -0.133. The third-order valence-electron chi connectivity index (χ3n) is 7.84. The van der Waals surface area contributed by atoms with Gasteiger partial charge in [0.25, 0.3) is 0 Å². The van der Waals surface area contributed by atoms with E-state index >= 15 is 0 Å². The Morgan fingerprint density at radius 2 is 1.39 bits per heavy atom. The summed E-state index contributed by atoms with van der Waals surface area (Å²) in [7, 11) is 0. The second-order valence-electron chi connectivity index (χ2n) is 10.3. The maximum atomic E-state index is 13.8. The largest absolute Gasteiger partial charge is 0.508 e. The van der Waals surface area contributed by atoms with E-state index in [2.05, 4.69) is 66.7 Å². The minimum Gasteiger partial charge on any atom is -0.508 e. The fourth-order valence-corrected chi connectivity index (χ4v) is 5.99. The number of aromatic hydroxyl groups is 1. The van der Waals surface area contributed by atoms with E-state index in [0.29, 0.717) is 0 Å². The molecule has 0 aromatic heterocycles. The number of amides is 1. The molecule has 0 saturated carbocycles. The number of benzene rings is 5. The summed E-state index contributed by atoms with van der Waals surface area (Å²) in [6.45, 7) is 2.03. The van der Waals surface area contributed by atoms with Crippen LogP contribution in [0, 0.1) is 5.92 Å². The Labute approximate surface area is 224 Å². The van der Waals surface area contributed by atoms with E-state index in [9.17, 15) is 9.90 Å². The molecule has 0 bridgehead atoms. The van der Waals surface area contributed by atoms with Gasteiger partial charge in [-0.15, -0.1) is 0 Å². The fourth-order valence-electron chi connectivity index (χ4n) is 5.99. The molecule has 188 valence electrons. The van der Waals surface area contributed by atoms with Crippen molar-refractivity contribution in [3.8, 4) is 16.9 Å². The van der Waals surface area contributed by atoms with Crippen LogP contribution in [0.4, 0.5) is 0 Å². The van der Waals surface area contributed by atoms with Gasteiger partial charge in [-0.3, -0.25) is 4.79 Å². The number of carbonyl (C=O) groups is 1. The summed E-state index contributed by atoms with van der Waals surface area (Å²) >= 11 is 0. The van der Waals surface area contributed by atoms with Crippen LogP contribution < -0.4 is 0 Å². The lowest BCUT2D eigenvalue weighted by atomic mass is 9.90. The molecule has 1 aliphatic rings. The molecule has 1 saturated heterocycles. The highest BCUT2D eigenvalue weighted by molar-refractivity contribution is 5.90. The van der Waals surface area contributed by atoms with Crippen LogP contribution in [0.2, 0.25) is 0 Å². The van der Waals surface area contributed by atoms with E-state index in [4.69, 9.17) is 0 Å². The first-order valence-electron chi connectivity index (χ1n) is 13.3. The zero-order valence-corrected chi connectivity index (χ0v) is 21.5. The molecule has 0 radical (unpaired) electrons. The summed E-state index contributed by atoms with van der Waals surface area (Å²) in [6.07, 6.45) is 1.55. The molecule has 6 rings (SSSR count). The molecule has 5 aromatic carbocycles. The van der Waals surface area contributed by atoms with E-state index in [1.165, 1.54) is 16.7 Å². The van der Waals surface area contributed by atoms with Crippen LogP contribution in [0.15, 0.2) is 121 Å². The van der Waals surface area contributed by atoms with Crippen LogP contribution in [0.25, 0.3) is 21.9 Å². The van der Waals surface area contributed by atoms with Gasteiger partial charge in [0.1, 0.15) is 5.75 Å². The number of hydrogen-bond donors (Lipinski definition) is 1. The van der Waals surface area contributed by atoms with Gasteiger partial charge in [0.15, 0.2) is 0 Å². The molecular formula is C35H31NO2. The van der Waals surface area contributed by atoms with E-state index in [1.807, 2.05) is 60.4 Å². The fraction of sp³-hybridized carbons (Fsp3) is 0.171. The topological polar surface area (TPSA) is 40.5 Å². The van der Waals surface area contributed by atoms with Gasteiger partial charge in [-0.25, -0.2) is 0 Å². The Balaban J connectivity index is 1.42. The van der Waals surface area contributed by atoms with Crippen LogP contribution in [0.3, 0.4) is 0 Å². The standard InChI is InChI=1S/C35H31NO2/c1-24-22-30(23-25-16-18-27(19-17-25)26-10-4-2-5-11-26)36(35(24)38)34(29-13-6-3-7-14-29)33-31-15-9-8-12-28(31)20-21-32(33)37/h2-21,24,30,34,37H,22-23H2,1H3/t24-,30+,34+/m1/s1. The van der Waals surface area contributed by atoms with Crippen LogP contribution in [0.5, 0.6) is 5.75 Å². The number of fused-ring (bicyclic) bond motifs is 1. The highest BCUT2D eigenvalue weighted by atomic mass is 16.3. The summed E-state index contributed by atoms with van der Waals surface area (Å²) in [6, 6.07) is 40.6. The first-order valence-corrected chi connectivity index (χ1v) is 13.3. The summed E-state index contributed by atoms with van der Waals surface area (Å²) in [5.74, 6) is 0.278. The predicted molar refractivity (Wildman–Crippen MR) is 154 cm³/mol. The molecule has 0 aliphatic carbocycles. The number of phenolic OH excluding ortho intramolecular Hbond substituents is 1. The summed E-state index contributed by atoms with van der Waals surface area (Å²) in [4.78, 5) is 15.9. The van der Waals surface area contributed by atoms with Crippen LogP contribution >= 0.6 is 0 Å². The third-order valence-corrected chi connectivity index (χ3v) is 7.84. The van der Waals surface area contributed by atoms with Gasteiger partial charge in [0, 0.05) is 17.5 Å². The number of likely N-dealkylation sites (tertiary alicyclic amines) is 1. The Morgan fingerprint density at radius 1 is 0.763 bits per heavy atom. The Hall–Kier alpha value is -4.37. The SMILES string of the molecule is C[C@@H]1C[C@@H](Cc2ccc(-c3ccccc3)cc2)N([C@@H](c2ccccc2)c2c(O)ccc3ccccc23)C1=O. The minimum absolute atomic E-state index is 0.0173. The van der Waals surface area contributed by atoms with Crippen molar-refractivity contribution < 1.29 is 9.90 Å². The molecule has 1 fully saturated rings. The molecule has 1 aliphatic heterocycles. The average molecular weight is 498 g/mol. The minimum atomic E-state index is -0.381. The Morgan fingerprint density at radius 3 is 2.13 bits per heavy atom. The van der Waals surface area contributed by atoms with Gasteiger partial charge in [0.2, 0.25) is 5.91 Å². The lowest BCUT2D eigenvalue weighted by Crippen LogP contribution is -2.39. The highest BCUT2D eigenvalue weighted by Gasteiger charge is 2.43. The van der Waals surface area contributed by atoms with Crippen LogP contribution in [0.1, 0.15) is 36.1 Å². The molecule has 3 heteroatoms. The molecule has 0 unspecified atom stereocenters. The summed E-state index contributed by atoms with van der Waals surface area (Å²) in [5, 5.41) is 13.3. The van der Waals surface area contributed by atoms with Crippen molar-refractivity contribution >= 4 is 16.7 Å². The third kappa shape index (κ3) is 4.45. The second kappa shape index (κ2) is 10.2. The van der Waals surface area contributed by atoms with Gasteiger partial charge in [-0.2, -0.15) is 0 Å². The predicted octanol–water partition coefficient (Wildman–Crippen LogP) is 7.78. The van der Waals surface area contributed by atoms with Gasteiger partial charge in [-0.05, 0) is 51.9 Å². The Kier molecular flexibility index (Phi) is 6.43. The summed E-state index contributed by atoms with van der Waals surface area (Å²) < 4.78 is 0. The van der Waals surface area contributed by atoms with Crippen molar-refractivity contribution in [2.75, 3.05) is 0 Å². The van der Waals surface area contributed by atoms with Crippen molar-refractivity contribution in [3.63, 3.8) is 0 Å². The van der Waals surface area contributed by atoms with Crippen molar-refractivity contribution in [2.24, 2.45) is 5.92 Å². The van der Waals surface area contributed by atoms with Crippen LogP contribution in [-0.4, -0.2) is 22.0 Å². The van der Waals surface area contributed by atoms with Gasteiger partial charge in [-0.1, -0.05) is 122 Å². The van der Waals surface area contributed by atoms with Gasteiger partial charge >= 0.3 is 0 Å². The van der Waals surface area contributed by atoms with Gasteiger partial charge < -0.3 is 10.0 Å². The second-order valence-corrected chi connectivity index (χ2v) is 10.3. The first-order chi connectivity index (χ1) is 18.6. The molecule has 3 atom stereocenters. The number of nitrogens with zero attached hydrogens (tertiary/aromatic N) is 1. The zero-order chi connectivity index (χ0) is 26.1. The molecule has 1 N–H and O–H groups in total. The molecule has 5 aromatic rings. The van der Waals surface area contributed by atoms with Gasteiger partial charge in [0.05, 0.1) is 6.04 Å². The lowest BCUT2D eigenvalue weighted by Gasteiger charge is -2.35. The van der Waals surface area contributed by atoms with Crippen molar-refractivity contribution in [1.82, 2.24) is 4.90 Å². The Bertz CT molecular complexity index is 1560. The molecule has 38 heavy (non-hydrogen) atoms. The number of phenols is 1. The van der Waals surface area contributed by atoms with E-state index in [-0.39, 0.29) is 29.7 Å². The summed E-state index contributed by atoms with van der Waals surface area (Å²) in [5.41, 5.74) is 5.38. The quantitative estimate of drug-likeness (QED) is 0.260. The van der Waals surface area contributed by atoms with Crippen LogP contribution in [-0.2, 0) is 11.2 Å². The smallest absolute Gasteiger partial charge is 0.226 e. The average Bonchev–Trinajstić information content (AvgIpc) is 3.23. The maximum absolute atomic E-state index is 13.8. The number of carbonyl (C=O) groups excluding carboxylic acids is 1. The van der Waals surface area contributed by atoms with Crippen molar-refractivity contribution in [2.45, 2.75) is 31.8 Å². The van der Waals surface area contributed by atoms with E-state index in [0.717, 1.165) is 34.7 Å². The van der Waals surface area contributed by atoms with Crippen molar-refractivity contribution in [1.29, 1.82) is 0 Å². The molecular weight excluding hydrogens is 466 g/mol. The molecule has 1 amide bonds. The van der Waals surface area contributed by atoms with E-state index in [1.54, 1.807) is 6.07 Å². The zero-order valence-electron chi connectivity index (χ0n) is 21.5. The monoisotopic (exact) mass is 497 g/mol. The van der Waals surface area contributed by atoms with Crippen molar-refractivity contribution in [3.05, 3.63) is 138 Å². The molecule has 0 spiro atoms. The first kappa shape index (κ1) is 24.0. The van der Waals surface area contributed by atoms with E-state index < -0.39 is 0 Å².